The Morgan fingerprint density at radius 2 is 2.18 bits per heavy atom. The molecule has 2 aromatic rings. The van der Waals surface area contributed by atoms with Gasteiger partial charge in [-0.05, 0) is 37.5 Å². The number of aromatic nitrogens is 2. The van der Waals surface area contributed by atoms with Crippen LogP contribution in [0.5, 0.6) is 0 Å². The number of fused-ring (bicyclic) bond motifs is 1. The van der Waals surface area contributed by atoms with Crippen LogP contribution in [0.2, 0.25) is 0 Å². The highest BCUT2D eigenvalue weighted by atomic mass is 16.4. The Bertz CT molecular complexity index is 649. The van der Waals surface area contributed by atoms with Gasteiger partial charge in [0.25, 0.3) is 0 Å². The summed E-state index contributed by atoms with van der Waals surface area (Å²) < 4.78 is 1.69. The van der Waals surface area contributed by atoms with Gasteiger partial charge in [-0.3, -0.25) is 4.57 Å². The Hall–Kier alpha value is -2.04. The van der Waals surface area contributed by atoms with Crippen LogP contribution >= 0.6 is 0 Å². The summed E-state index contributed by atoms with van der Waals surface area (Å²) in [5.41, 5.74) is 1.46. The molecule has 1 aliphatic carbocycles. The number of aromatic carboxylic acids is 1. The summed E-state index contributed by atoms with van der Waals surface area (Å²) in [7, 11) is 0. The summed E-state index contributed by atoms with van der Waals surface area (Å²) in [4.78, 5) is 25.5. The molecule has 1 aliphatic rings. The second kappa shape index (κ2) is 3.48. The van der Waals surface area contributed by atoms with Crippen molar-refractivity contribution < 1.29 is 9.90 Å². The van der Waals surface area contributed by atoms with Gasteiger partial charge in [0.1, 0.15) is 0 Å². The molecule has 0 radical (unpaired) electrons. The van der Waals surface area contributed by atoms with E-state index in [0.29, 0.717) is 11.0 Å². The number of hydrogen-bond donors (Lipinski definition) is 2. The molecule has 0 unspecified atom stereocenters. The van der Waals surface area contributed by atoms with Crippen LogP contribution in [0.1, 0.15) is 35.7 Å². The average Bonchev–Trinajstić information content (AvgIpc) is 2.53. The minimum atomic E-state index is -0.972. The van der Waals surface area contributed by atoms with Crippen LogP contribution in [0.25, 0.3) is 11.0 Å². The Labute approximate surface area is 96.7 Å². The minimum absolute atomic E-state index is 0.146. The molecule has 1 fully saturated rings. The maximum absolute atomic E-state index is 11.8. The van der Waals surface area contributed by atoms with E-state index < -0.39 is 5.97 Å². The van der Waals surface area contributed by atoms with Gasteiger partial charge in [0.2, 0.25) is 0 Å². The zero-order chi connectivity index (χ0) is 12.0. The fourth-order valence-corrected chi connectivity index (χ4v) is 2.26. The van der Waals surface area contributed by atoms with Crippen LogP contribution in [-0.4, -0.2) is 20.6 Å². The van der Waals surface area contributed by atoms with Crippen molar-refractivity contribution in [2.45, 2.75) is 25.3 Å². The van der Waals surface area contributed by atoms with Crippen LogP contribution in [0, 0.1) is 0 Å². The molecule has 1 saturated carbocycles. The molecule has 1 aromatic heterocycles. The van der Waals surface area contributed by atoms with Crippen molar-refractivity contribution in [3.05, 3.63) is 34.2 Å². The van der Waals surface area contributed by atoms with Crippen molar-refractivity contribution in [3.63, 3.8) is 0 Å². The summed E-state index contributed by atoms with van der Waals surface area (Å²) in [5.74, 6) is -0.972. The first-order chi connectivity index (χ1) is 8.16. The van der Waals surface area contributed by atoms with E-state index in [1.54, 1.807) is 16.7 Å². The lowest BCUT2D eigenvalue weighted by Crippen LogP contribution is -2.26. The van der Waals surface area contributed by atoms with Crippen LogP contribution in [0.3, 0.4) is 0 Å². The van der Waals surface area contributed by atoms with Gasteiger partial charge in [-0.2, -0.15) is 0 Å². The van der Waals surface area contributed by atoms with Crippen molar-refractivity contribution in [1.29, 1.82) is 0 Å². The van der Waals surface area contributed by atoms with E-state index in [-0.39, 0.29) is 17.3 Å². The molecule has 0 amide bonds. The maximum atomic E-state index is 11.8. The molecule has 0 atom stereocenters. The van der Waals surface area contributed by atoms with Gasteiger partial charge >= 0.3 is 11.7 Å². The van der Waals surface area contributed by atoms with Gasteiger partial charge in [-0.25, -0.2) is 9.59 Å². The third-order valence-electron chi connectivity index (χ3n) is 3.40. The summed E-state index contributed by atoms with van der Waals surface area (Å²) in [6.45, 7) is 0. The minimum Gasteiger partial charge on any atom is -0.478 e. The van der Waals surface area contributed by atoms with Gasteiger partial charge < -0.3 is 10.1 Å². The monoisotopic (exact) mass is 232 g/mol. The summed E-state index contributed by atoms with van der Waals surface area (Å²) in [6, 6.07) is 4.94. The van der Waals surface area contributed by atoms with Gasteiger partial charge in [0.05, 0.1) is 16.6 Å². The number of carboxylic acid groups (broad SMARTS) is 1. The Morgan fingerprint density at radius 1 is 1.41 bits per heavy atom. The first-order valence-electron chi connectivity index (χ1n) is 5.64. The second-order valence-electron chi connectivity index (χ2n) is 4.42. The number of hydrogen-bond acceptors (Lipinski definition) is 2. The summed E-state index contributed by atoms with van der Waals surface area (Å²) in [6.07, 6.45) is 3.11. The zero-order valence-electron chi connectivity index (χ0n) is 9.14. The third kappa shape index (κ3) is 1.46. The molecule has 5 nitrogen and oxygen atoms in total. The second-order valence-corrected chi connectivity index (χ2v) is 4.42. The SMILES string of the molecule is O=C(O)c1ccc2[nH]c(=O)n(C3CCC3)c2c1. The molecular formula is C12H12N2O3. The predicted molar refractivity (Wildman–Crippen MR) is 62.4 cm³/mol. The molecule has 1 heterocycles. The molecule has 88 valence electrons. The predicted octanol–water partition coefficient (Wildman–Crippen LogP) is 1.75. The molecule has 0 aliphatic heterocycles. The molecule has 17 heavy (non-hydrogen) atoms. The van der Waals surface area contributed by atoms with Crippen molar-refractivity contribution in [3.8, 4) is 0 Å². The maximum Gasteiger partial charge on any atom is 0.335 e. The number of rotatable bonds is 2. The lowest BCUT2D eigenvalue weighted by Gasteiger charge is -2.26. The number of imidazole rings is 1. The van der Waals surface area contributed by atoms with Crippen LogP contribution in [0.15, 0.2) is 23.0 Å². The van der Waals surface area contributed by atoms with Gasteiger partial charge in [0, 0.05) is 6.04 Å². The number of H-pyrrole nitrogens is 1. The zero-order valence-corrected chi connectivity index (χ0v) is 9.14. The molecular weight excluding hydrogens is 220 g/mol. The van der Waals surface area contributed by atoms with Crippen LogP contribution in [-0.2, 0) is 0 Å². The molecule has 3 rings (SSSR count). The van der Waals surface area contributed by atoms with Crippen molar-refractivity contribution in [2.24, 2.45) is 0 Å². The van der Waals surface area contributed by atoms with E-state index in [0.717, 1.165) is 19.3 Å². The fraction of sp³-hybridized carbons (Fsp3) is 0.333. The third-order valence-corrected chi connectivity index (χ3v) is 3.40. The molecule has 0 spiro atoms. The number of aromatic amines is 1. The molecule has 2 N–H and O–H groups in total. The van der Waals surface area contributed by atoms with E-state index in [9.17, 15) is 9.59 Å². The van der Waals surface area contributed by atoms with Crippen LogP contribution in [0.4, 0.5) is 0 Å². The van der Waals surface area contributed by atoms with Crippen molar-refractivity contribution in [2.75, 3.05) is 0 Å². The number of benzene rings is 1. The molecule has 0 bridgehead atoms. The van der Waals surface area contributed by atoms with E-state index in [2.05, 4.69) is 4.98 Å². The van der Waals surface area contributed by atoms with Crippen molar-refractivity contribution >= 4 is 17.0 Å². The van der Waals surface area contributed by atoms with Crippen molar-refractivity contribution in [1.82, 2.24) is 9.55 Å². The smallest absolute Gasteiger partial charge is 0.335 e. The Morgan fingerprint density at radius 3 is 2.76 bits per heavy atom. The van der Waals surface area contributed by atoms with E-state index in [1.165, 1.54) is 6.07 Å². The highest BCUT2D eigenvalue weighted by Gasteiger charge is 2.23. The number of carbonyl (C=O) groups is 1. The molecule has 0 saturated heterocycles. The quantitative estimate of drug-likeness (QED) is 0.828. The lowest BCUT2D eigenvalue weighted by molar-refractivity contribution is 0.0697. The largest absolute Gasteiger partial charge is 0.478 e. The van der Waals surface area contributed by atoms with Gasteiger partial charge in [-0.1, -0.05) is 0 Å². The summed E-state index contributed by atoms with van der Waals surface area (Å²) in [5, 5.41) is 8.95. The standard InChI is InChI=1S/C12H12N2O3/c15-11(16)7-4-5-9-10(6-7)14(12(17)13-9)8-2-1-3-8/h4-6,8H,1-3H2,(H,13,17)(H,15,16). The van der Waals surface area contributed by atoms with Crippen LogP contribution < -0.4 is 5.69 Å². The topological polar surface area (TPSA) is 75.1 Å². The Balaban J connectivity index is 2.25. The fourth-order valence-electron chi connectivity index (χ4n) is 2.26. The highest BCUT2D eigenvalue weighted by Crippen LogP contribution is 2.32. The number of nitrogens with zero attached hydrogens (tertiary/aromatic N) is 1. The average molecular weight is 232 g/mol. The molecule has 1 aromatic carbocycles. The summed E-state index contributed by atoms with van der Waals surface area (Å²) >= 11 is 0. The van der Waals surface area contributed by atoms with Gasteiger partial charge in [0.15, 0.2) is 0 Å². The van der Waals surface area contributed by atoms with Gasteiger partial charge in [-0.15, -0.1) is 0 Å². The highest BCUT2D eigenvalue weighted by molar-refractivity contribution is 5.92. The molecule has 5 heteroatoms. The number of nitrogens with one attached hydrogen (secondary N) is 1. The van der Waals surface area contributed by atoms with E-state index in [1.807, 2.05) is 0 Å². The lowest BCUT2D eigenvalue weighted by atomic mass is 9.93. The first kappa shape index (κ1) is 10.1. The Kier molecular flexibility index (Phi) is 2.07. The van der Waals surface area contributed by atoms with E-state index >= 15 is 0 Å². The first-order valence-corrected chi connectivity index (χ1v) is 5.64. The van der Waals surface area contributed by atoms with E-state index in [4.69, 9.17) is 5.11 Å². The normalized spacial score (nSPS) is 16.0. The number of carboxylic acids is 1.